The van der Waals surface area contributed by atoms with E-state index in [2.05, 4.69) is 21.6 Å². The van der Waals surface area contributed by atoms with Crippen LogP contribution >= 0.6 is 0 Å². The molecule has 0 bridgehead atoms. The Labute approximate surface area is 226 Å². The number of hydrogen-bond donors (Lipinski definition) is 1. The summed E-state index contributed by atoms with van der Waals surface area (Å²) in [6.07, 6.45) is 3.84. The van der Waals surface area contributed by atoms with Crippen molar-refractivity contribution in [2.75, 3.05) is 5.73 Å². The van der Waals surface area contributed by atoms with Gasteiger partial charge in [-0.05, 0) is 65.8 Å². The van der Waals surface area contributed by atoms with Gasteiger partial charge in [-0.25, -0.2) is 0 Å². The van der Waals surface area contributed by atoms with Crippen LogP contribution in [0.25, 0.3) is 10.9 Å². The predicted octanol–water partition coefficient (Wildman–Crippen LogP) is 8.04. The van der Waals surface area contributed by atoms with Gasteiger partial charge in [0.15, 0.2) is 0 Å². The summed E-state index contributed by atoms with van der Waals surface area (Å²) < 4.78 is 45.6. The SMILES string of the molecule is Nc1ccc(CC(=O)CC(c2cccc(OC(F)(F)F)c2)c2cn(CC3CCCCC3)c3ccccc23)cc1. The molecule has 1 aliphatic carbocycles. The number of nitrogen functional groups attached to an aromatic ring is 1. The van der Waals surface area contributed by atoms with Crippen LogP contribution in [-0.2, 0) is 17.8 Å². The highest BCUT2D eigenvalue weighted by Crippen LogP contribution is 2.38. The second-order valence-corrected chi connectivity index (χ2v) is 10.6. The van der Waals surface area contributed by atoms with Crippen molar-refractivity contribution in [3.63, 3.8) is 0 Å². The number of aromatic nitrogens is 1. The molecule has 4 nitrogen and oxygen atoms in total. The first kappa shape index (κ1) is 26.9. The first-order valence-corrected chi connectivity index (χ1v) is 13.5. The Bertz CT molecular complexity index is 1420. The predicted molar refractivity (Wildman–Crippen MR) is 148 cm³/mol. The number of Topliss-reactive ketones (excluding diaryl/α,β-unsaturated/α-hetero) is 1. The van der Waals surface area contributed by atoms with Gasteiger partial charge in [0.05, 0.1) is 0 Å². The molecular formula is C32H33F3N2O2. The molecule has 0 amide bonds. The number of anilines is 1. The van der Waals surface area contributed by atoms with E-state index in [-0.39, 0.29) is 24.4 Å². The second kappa shape index (κ2) is 11.6. The summed E-state index contributed by atoms with van der Waals surface area (Å²) in [4.78, 5) is 13.4. The fourth-order valence-corrected chi connectivity index (χ4v) is 5.85. The Kier molecular flexibility index (Phi) is 7.96. The number of ether oxygens (including phenoxy) is 1. The van der Waals surface area contributed by atoms with Crippen molar-refractivity contribution in [2.24, 2.45) is 5.92 Å². The maximum absolute atomic E-state index is 13.4. The average Bonchev–Trinajstić information content (AvgIpc) is 3.26. The molecular weight excluding hydrogens is 501 g/mol. The van der Waals surface area contributed by atoms with E-state index in [0.717, 1.165) is 28.6 Å². The van der Waals surface area contributed by atoms with Gasteiger partial charge in [0.1, 0.15) is 11.5 Å². The molecule has 1 heterocycles. The third-order valence-corrected chi connectivity index (χ3v) is 7.68. The summed E-state index contributed by atoms with van der Waals surface area (Å²) in [6.45, 7) is 0.893. The van der Waals surface area contributed by atoms with Gasteiger partial charge >= 0.3 is 6.36 Å². The lowest BCUT2D eigenvalue weighted by Crippen LogP contribution is -2.17. The van der Waals surface area contributed by atoms with Crippen LogP contribution in [0.3, 0.4) is 0 Å². The van der Waals surface area contributed by atoms with Crippen molar-refractivity contribution < 1.29 is 22.7 Å². The smallest absolute Gasteiger partial charge is 0.406 e. The molecule has 1 saturated carbocycles. The van der Waals surface area contributed by atoms with E-state index in [4.69, 9.17) is 5.73 Å². The molecule has 0 saturated heterocycles. The van der Waals surface area contributed by atoms with Gasteiger partial charge in [-0.3, -0.25) is 4.79 Å². The second-order valence-electron chi connectivity index (χ2n) is 10.6. The van der Waals surface area contributed by atoms with Gasteiger partial charge in [-0.2, -0.15) is 0 Å². The number of benzene rings is 3. The summed E-state index contributed by atoms with van der Waals surface area (Å²) in [5, 5.41) is 1.01. The standard InChI is InChI=1S/C32H33F3N2O2/c33-32(34,35)39-27-10-6-9-24(18-27)29(19-26(38)17-22-13-15-25(36)16-14-22)30-21-37(20-23-7-2-1-3-8-23)31-12-5-4-11-28(30)31/h4-6,9-16,18,21,23,29H,1-3,7-8,17,19-20,36H2. The normalized spacial score (nSPS) is 15.4. The van der Waals surface area contributed by atoms with E-state index in [1.807, 2.05) is 30.3 Å². The molecule has 0 aliphatic heterocycles. The fraction of sp³-hybridized carbons (Fsp3) is 0.344. The highest BCUT2D eigenvalue weighted by Gasteiger charge is 2.32. The van der Waals surface area contributed by atoms with E-state index in [9.17, 15) is 18.0 Å². The number of fused-ring (bicyclic) bond motifs is 1. The van der Waals surface area contributed by atoms with Crippen LogP contribution in [0.2, 0.25) is 0 Å². The summed E-state index contributed by atoms with van der Waals surface area (Å²) in [5.74, 6) is -0.130. The molecule has 7 heteroatoms. The summed E-state index contributed by atoms with van der Waals surface area (Å²) in [7, 11) is 0. The van der Waals surface area contributed by atoms with E-state index in [1.165, 1.54) is 44.2 Å². The average molecular weight is 535 g/mol. The third-order valence-electron chi connectivity index (χ3n) is 7.68. The Morgan fingerprint density at radius 3 is 2.46 bits per heavy atom. The zero-order valence-electron chi connectivity index (χ0n) is 21.8. The number of ketones is 1. The number of nitrogens with two attached hydrogens (primary N) is 1. The van der Waals surface area contributed by atoms with Gasteiger partial charge in [0, 0.05) is 48.1 Å². The molecule has 1 atom stereocenters. The van der Waals surface area contributed by atoms with Gasteiger partial charge in [-0.1, -0.05) is 61.7 Å². The van der Waals surface area contributed by atoms with Gasteiger partial charge in [0.2, 0.25) is 0 Å². The summed E-state index contributed by atoms with van der Waals surface area (Å²) in [6, 6.07) is 21.3. The highest BCUT2D eigenvalue weighted by molar-refractivity contribution is 5.87. The lowest BCUT2D eigenvalue weighted by Gasteiger charge is -2.22. The zero-order chi connectivity index (χ0) is 27.4. The summed E-state index contributed by atoms with van der Waals surface area (Å²) in [5.41, 5.74) is 9.90. The Balaban J connectivity index is 1.52. The molecule has 3 aromatic carbocycles. The minimum Gasteiger partial charge on any atom is -0.406 e. The van der Waals surface area contributed by atoms with Gasteiger partial charge in [0.25, 0.3) is 0 Å². The van der Waals surface area contributed by atoms with Crippen molar-refractivity contribution in [3.05, 3.63) is 95.7 Å². The molecule has 1 aliphatic rings. The Hall–Kier alpha value is -3.74. The molecule has 1 fully saturated rings. The lowest BCUT2D eigenvalue weighted by molar-refractivity contribution is -0.274. The number of halogens is 3. The Morgan fingerprint density at radius 2 is 1.72 bits per heavy atom. The van der Waals surface area contributed by atoms with E-state index < -0.39 is 12.3 Å². The molecule has 39 heavy (non-hydrogen) atoms. The number of nitrogens with zero attached hydrogens (tertiary/aromatic N) is 1. The van der Waals surface area contributed by atoms with Crippen LogP contribution in [0.5, 0.6) is 5.75 Å². The molecule has 0 spiro atoms. The van der Waals surface area contributed by atoms with Crippen molar-refractivity contribution in [3.8, 4) is 5.75 Å². The minimum absolute atomic E-state index is 0.00368. The topological polar surface area (TPSA) is 57.3 Å². The van der Waals surface area contributed by atoms with Crippen molar-refractivity contribution in [1.29, 1.82) is 0 Å². The summed E-state index contributed by atoms with van der Waals surface area (Å²) >= 11 is 0. The molecule has 1 unspecified atom stereocenters. The van der Waals surface area contributed by atoms with Crippen molar-refractivity contribution in [2.45, 2.75) is 63.8 Å². The maximum Gasteiger partial charge on any atom is 0.573 e. The van der Waals surface area contributed by atoms with Crippen LogP contribution in [0.1, 0.15) is 61.1 Å². The number of para-hydroxylation sites is 1. The molecule has 5 rings (SSSR count). The van der Waals surface area contributed by atoms with Crippen LogP contribution in [-0.4, -0.2) is 16.7 Å². The number of rotatable bonds is 9. The fourth-order valence-electron chi connectivity index (χ4n) is 5.85. The van der Waals surface area contributed by atoms with Crippen molar-refractivity contribution >= 4 is 22.4 Å². The molecule has 1 aromatic heterocycles. The highest BCUT2D eigenvalue weighted by atomic mass is 19.4. The maximum atomic E-state index is 13.4. The van der Waals surface area contributed by atoms with E-state index >= 15 is 0 Å². The van der Waals surface area contributed by atoms with E-state index in [0.29, 0.717) is 17.2 Å². The number of hydrogen-bond acceptors (Lipinski definition) is 3. The van der Waals surface area contributed by atoms with E-state index in [1.54, 1.807) is 24.3 Å². The Morgan fingerprint density at radius 1 is 0.974 bits per heavy atom. The van der Waals surface area contributed by atoms with Crippen LogP contribution in [0.15, 0.2) is 79.0 Å². The quantitative estimate of drug-likeness (QED) is 0.221. The molecule has 4 aromatic rings. The van der Waals surface area contributed by atoms with Crippen molar-refractivity contribution in [1.82, 2.24) is 4.57 Å². The van der Waals surface area contributed by atoms with Gasteiger partial charge < -0.3 is 15.0 Å². The number of carbonyl (C=O) groups excluding carboxylic acids is 1. The number of carbonyl (C=O) groups is 1. The van der Waals surface area contributed by atoms with Crippen LogP contribution in [0.4, 0.5) is 18.9 Å². The molecule has 0 radical (unpaired) electrons. The molecule has 204 valence electrons. The monoisotopic (exact) mass is 534 g/mol. The van der Waals surface area contributed by atoms with Crippen LogP contribution < -0.4 is 10.5 Å². The van der Waals surface area contributed by atoms with Crippen LogP contribution in [0, 0.1) is 5.92 Å². The van der Waals surface area contributed by atoms with Gasteiger partial charge in [-0.15, -0.1) is 13.2 Å². The lowest BCUT2D eigenvalue weighted by atomic mass is 9.85. The zero-order valence-corrected chi connectivity index (χ0v) is 21.8. The third kappa shape index (κ3) is 6.83. The minimum atomic E-state index is -4.80. The molecule has 2 N–H and O–H groups in total. The first-order valence-electron chi connectivity index (χ1n) is 13.5. The largest absolute Gasteiger partial charge is 0.573 e. The number of alkyl halides is 3. The first-order chi connectivity index (χ1) is 18.7.